The van der Waals surface area contributed by atoms with E-state index in [0.29, 0.717) is 17.7 Å². The van der Waals surface area contributed by atoms with E-state index in [1.54, 1.807) is 50.4 Å². The number of aromatic nitrogens is 2. The molecular weight excluding hydrogens is 395 g/mol. The van der Waals surface area contributed by atoms with Gasteiger partial charge in [0.1, 0.15) is 17.3 Å². The molecule has 0 atom stereocenters. The third kappa shape index (κ3) is 4.45. The summed E-state index contributed by atoms with van der Waals surface area (Å²) in [6, 6.07) is 11.5. The monoisotopic (exact) mass is 416 g/mol. The number of halogens is 1. The second-order valence-electron chi connectivity index (χ2n) is 6.54. The van der Waals surface area contributed by atoms with Crippen LogP contribution in [0.2, 0.25) is 0 Å². The maximum absolute atomic E-state index is 14.4. The molecule has 0 bridgehead atoms. The summed E-state index contributed by atoms with van der Waals surface area (Å²) in [6.07, 6.45) is 1.94. The minimum Gasteiger partial charge on any atom is -0.333 e. The number of imidazole rings is 1. The van der Waals surface area contributed by atoms with E-state index >= 15 is 0 Å². The average Bonchev–Trinajstić information content (AvgIpc) is 3.04. The molecule has 0 unspecified atom stereocenters. The minimum atomic E-state index is -4.17. The van der Waals surface area contributed by atoms with Crippen LogP contribution in [0, 0.1) is 12.7 Å². The molecule has 3 aromatic rings. The predicted molar refractivity (Wildman–Crippen MR) is 109 cm³/mol. The van der Waals surface area contributed by atoms with Crippen molar-refractivity contribution >= 4 is 21.8 Å². The molecule has 152 valence electrons. The van der Waals surface area contributed by atoms with Gasteiger partial charge in [-0.25, -0.2) is 14.1 Å². The molecule has 0 spiro atoms. The molecule has 0 saturated heterocycles. The highest BCUT2D eigenvalue weighted by Gasteiger charge is 2.22. The molecule has 9 heteroatoms. The molecule has 7 nitrogen and oxygen atoms in total. The Labute approximate surface area is 168 Å². The van der Waals surface area contributed by atoms with E-state index in [-0.39, 0.29) is 17.1 Å². The lowest BCUT2D eigenvalue weighted by molar-refractivity contribution is 0.0977. The number of hydrogen-bond donors (Lipinski definition) is 2. The number of nitrogens with zero attached hydrogens (tertiary/aromatic N) is 2. The first kappa shape index (κ1) is 20.5. The molecular formula is C20H21FN4O3S. The number of aryl methyl sites for hydroxylation is 3. The van der Waals surface area contributed by atoms with Crippen molar-refractivity contribution in [3.8, 4) is 11.4 Å². The first-order valence-corrected chi connectivity index (χ1v) is 10.4. The summed E-state index contributed by atoms with van der Waals surface area (Å²) in [5, 5.41) is 0. The predicted octanol–water partition coefficient (Wildman–Crippen LogP) is 3.18. The van der Waals surface area contributed by atoms with Crippen LogP contribution in [-0.4, -0.2) is 23.9 Å². The number of carbonyl (C=O) groups excluding carboxylic acids is 1. The van der Waals surface area contributed by atoms with Crippen molar-refractivity contribution in [1.29, 1.82) is 0 Å². The van der Waals surface area contributed by atoms with Crippen molar-refractivity contribution in [3.63, 3.8) is 0 Å². The van der Waals surface area contributed by atoms with Crippen molar-refractivity contribution < 1.29 is 17.6 Å². The van der Waals surface area contributed by atoms with Crippen LogP contribution < -0.4 is 9.44 Å². The lowest BCUT2D eigenvalue weighted by atomic mass is 10.0. The molecule has 1 amide bonds. The van der Waals surface area contributed by atoms with Crippen LogP contribution >= 0.6 is 0 Å². The second kappa shape index (κ2) is 8.04. The van der Waals surface area contributed by atoms with Gasteiger partial charge in [0, 0.05) is 13.2 Å². The summed E-state index contributed by atoms with van der Waals surface area (Å²) in [5.74, 6) is -1.13. The molecule has 2 N–H and O–H groups in total. The number of para-hydroxylation sites is 1. The van der Waals surface area contributed by atoms with Crippen LogP contribution in [0.1, 0.15) is 28.5 Å². The summed E-state index contributed by atoms with van der Waals surface area (Å²) >= 11 is 0. The van der Waals surface area contributed by atoms with Crippen LogP contribution in [0.3, 0.4) is 0 Å². The second-order valence-corrected chi connectivity index (χ2v) is 7.95. The van der Waals surface area contributed by atoms with E-state index in [2.05, 4.69) is 9.71 Å². The van der Waals surface area contributed by atoms with Crippen LogP contribution in [0.4, 0.5) is 10.1 Å². The van der Waals surface area contributed by atoms with E-state index in [4.69, 9.17) is 0 Å². The van der Waals surface area contributed by atoms with Crippen molar-refractivity contribution in [3.05, 3.63) is 71.3 Å². The summed E-state index contributed by atoms with van der Waals surface area (Å²) in [4.78, 5) is 16.6. The van der Waals surface area contributed by atoms with Gasteiger partial charge in [-0.2, -0.15) is 8.42 Å². The van der Waals surface area contributed by atoms with Gasteiger partial charge in [0.25, 0.3) is 5.91 Å². The Bertz CT molecular complexity index is 1170. The standard InChI is InChI=1S/C20H21FN4O3S/c1-4-14-9-7-10-15(21)18(14)19-22-17(12-25(19)3)20(26)24-29(27,28)23-16-11-6-5-8-13(16)2/h5-12,23H,4H2,1-3H3,(H,24,26). The molecule has 0 radical (unpaired) electrons. The minimum absolute atomic E-state index is 0.136. The Morgan fingerprint density at radius 3 is 2.59 bits per heavy atom. The van der Waals surface area contributed by atoms with Gasteiger partial charge in [0.15, 0.2) is 0 Å². The van der Waals surface area contributed by atoms with Gasteiger partial charge in [-0.05, 0) is 36.6 Å². The molecule has 0 fully saturated rings. The fraction of sp³-hybridized carbons (Fsp3) is 0.200. The van der Waals surface area contributed by atoms with Crippen LogP contribution in [0.5, 0.6) is 0 Å². The van der Waals surface area contributed by atoms with Crippen LogP contribution in [-0.2, 0) is 23.7 Å². The van der Waals surface area contributed by atoms with Crippen LogP contribution in [0.25, 0.3) is 11.4 Å². The fourth-order valence-corrected chi connectivity index (χ4v) is 3.87. The smallest absolute Gasteiger partial charge is 0.324 e. The Balaban J connectivity index is 1.87. The lowest BCUT2D eigenvalue weighted by Crippen LogP contribution is -2.35. The zero-order valence-corrected chi connectivity index (χ0v) is 17.0. The number of benzene rings is 2. The van der Waals surface area contributed by atoms with Gasteiger partial charge in [-0.3, -0.25) is 9.52 Å². The van der Waals surface area contributed by atoms with Gasteiger partial charge in [-0.15, -0.1) is 0 Å². The third-order valence-corrected chi connectivity index (χ3v) is 5.37. The van der Waals surface area contributed by atoms with E-state index < -0.39 is 21.9 Å². The lowest BCUT2D eigenvalue weighted by Gasteiger charge is -2.10. The van der Waals surface area contributed by atoms with E-state index in [1.165, 1.54) is 16.8 Å². The topological polar surface area (TPSA) is 93.1 Å². The van der Waals surface area contributed by atoms with E-state index in [1.807, 2.05) is 11.6 Å². The van der Waals surface area contributed by atoms with Crippen molar-refractivity contribution in [1.82, 2.24) is 14.3 Å². The Morgan fingerprint density at radius 2 is 1.90 bits per heavy atom. The number of anilines is 1. The SMILES string of the molecule is CCc1cccc(F)c1-c1nc(C(=O)NS(=O)(=O)Nc2ccccc2C)cn1C. The maximum Gasteiger partial charge on any atom is 0.324 e. The highest BCUT2D eigenvalue weighted by atomic mass is 32.2. The molecule has 0 saturated carbocycles. The fourth-order valence-electron chi connectivity index (χ4n) is 2.95. The van der Waals surface area contributed by atoms with Crippen molar-refractivity contribution in [2.75, 3.05) is 4.72 Å². The normalized spacial score (nSPS) is 11.3. The zero-order valence-electron chi connectivity index (χ0n) is 16.2. The van der Waals surface area contributed by atoms with Crippen LogP contribution in [0.15, 0.2) is 48.7 Å². The first-order valence-electron chi connectivity index (χ1n) is 8.93. The molecule has 3 rings (SSSR count). The number of amides is 1. The van der Waals surface area contributed by atoms with Crippen molar-refractivity contribution in [2.45, 2.75) is 20.3 Å². The van der Waals surface area contributed by atoms with Gasteiger partial charge >= 0.3 is 10.2 Å². The molecule has 0 aliphatic heterocycles. The number of nitrogens with one attached hydrogen (secondary N) is 2. The Kier molecular flexibility index (Phi) is 5.69. The highest BCUT2D eigenvalue weighted by Crippen LogP contribution is 2.26. The summed E-state index contributed by atoms with van der Waals surface area (Å²) < 4.78 is 44.8. The zero-order chi connectivity index (χ0) is 21.2. The Morgan fingerprint density at radius 1 is 1.17 bits per heavy atom. The summed E-state index contributed by atoms with van der Waals surface area (Å²) in [6.45, 7) is 3.63. The molecule has 1 aromatic heterocycles. The average molecular weight is 416 g/mol. The Hall–Kier alpha value is -3.20. The van der Waals surface area contributed by atoms with E-state index in [9.17, 15) is 17.6 Å². The van der Waals surface area contributed by atoms with E-state index in [0.717, 1.165) is 5.56 Å². The maximum atomic E-state index is 14.4. The third-order valence-electron chi connectivity index (χ3n) is 4.43. The molecule has 1 heterocycles. The molecule has 0 aliphatic carbocycles. The first-order chi connectivity index (χ1) is 13.7. The van der Waals surface area contributed by atoms with Gasteiger partial charge in [-0.1, -0.05) is 37.3 Å². The van der Waals surface area contributed by atoms with Gasteiger partial charge in [0.05, 0.1) is 11.3 Å². The number of carbonyl (C=O) groups is 1. The summed E-state index contributed by atoms with van der Waals surface area (Å²) in [5.41, 5.74) is 1.95. The van der Waals surface area contributed by atoms with Crippen molar-refractivity contribution in [2.24, 2.45) is 7.05 Å². The largest absolute Gasteiger partial charge is 0.333 e. The molecule has 29 heavy (non-hydrogen) atoms. The number of rotatable bonds is 6. The van der Waals surface area contributed by atoms with Gasteiger partial charge < -0.3 is 4.57 Å². The molecule has 2 aromatic carbocycles. The van der Waals surface area contributed by atoms with Gasteiger partial charge in [0.2, 0.25) is 0 Å². The highest BCUT2D eigenvalue weighted by molar-refractivity contribution is 7.91. The quantitative estimate of drug-likeness (QED) is 0.645. The molecule has 0 aliphatic rings. The number of hydrogen-bond acceptors (Lipinski definition) is 4. The summed E-state index contributed by atoms with van der Waals surface area (Å²) in [7, 11) is -2.55.